The van der Waals surface area contributed by atoms with E-state index < -0.39 is 12.8 Å². The maximum Gasteiger partial charge on any atom is 0.411 e. The van der Waals surface area contributed by atoms with E-state index in [4.69, 9.17) is 4.74 Å². The Morgan fingerprint density at radius 1 is 1.29 bits per heavy atom. The first-order chi connectivity index (χ1) is 10.0. The number of rotatable bonds is 7. The summed E-state index contributed by atoms with van der Waals surface area (Å²) in [5.41, 5.74) is 2.38. The van der Waals surface area contributed by atoms with Crippen molar-refractivity contribution in [2.45, 2.75) is 32.0 Å². The fourth-order valence-corrected chi connectivity index (χ4v) is 2.61. The first-order valence-corrected chi connectivity index (χ1v) is 7.13. The van der Waals surface area contributed by atoms with Crippen LogP contribution in [0.25, 0.3) is 0 Å². The molecule has 1 aromatic rings. The van der Waals surface area contributed by atoms with Crippen molar-refractivity contribution in [2.24, 2.45) is 0 Å². The highest BCUT2D eigenvalue weighted by Gasteiger charge is 2.27. The molecule has 2 rings (SSSR count). The lowest BCUT2D eigenvalue weighted by molar-refractivity contribution is -0.175. The Bertz CT molecular complexity index is 463. The number of ether oxygens (including phenoxy) is 2. The molecule has 6 heteroatoms. The van der Waals surface area contributed by atoms with Gasteiger partial charge in [-0.25, -0.2) is 0 Å². The van der Waals surface area contributed by atoms with Crippen molar-refractivity contribution in [1.82, 2.24) is 5.32 Å². The minimum Gasteiger partial charge on any atom is -0.491 e. The molecule has 0 saturated heterocycles. The Morgan fingerprint density at radius 2 is 2.10 bits per heavy atom. The summed E-state index contributed by atoms with van der Waals surface area (Å²) >= 11 is 0. The lowest BCUT2D eigenvalue weighted by atomic mass is 10.1. The zero-order chi connectivity index (χ0) is 15.3. The highest BCUT2D eigenvalue weighted by Crippen LogP contribution is 2.36. The molecule has 1 aliphatic carbocycles. The van der Waals surface area contributed by atoms with Crippen LogP contribution in [0.4, 0.5) is 13.2 Å². The van der Waals surface area contributed by atoms with Crippen molar-refractivity contribution in [2.75, 3.05) is 26.4 Å². The average Bonchev–Trinajstić information content (AvgIpc) is 2.82. The van der Waals surface area contributed by atoms with Crippen LogP contribution in [0.15, 0.2) is 18.2 Å². The maximum atomic E-state index is 11.9. The second-order valence-corrected chi connectivity index (χ2v) is 4.99. The summed E-state index contributed by atoms with van der Waals surface area (Å²) in [6.45, 7) is 1.79. The fourth-order valence-electron chi connectivity index (χ4n) is 2.61. The van der Waals surface area contributed by atoms with Gasteiger partial charge in [-0.3, -0.25) is 0 Å². The van der Waals surface area contributed by atoms with Gasteiger partial charge in [0.25, 0.3) is 0 Å². The van der Waals surface area contributed by atoms with Crippen molar-refractivity contribution in [3.8, 4) is 5.75 Å². The minimum absolute atomic E-state index is 0.0696. The molecule has 1 N–H and O–H groups in total. The molecule has 118 valence electrons. The molecule has 0 aromatic heterocycles. The third-order valence-corrected chi connectivity index (χ3v) is 3.43. The minimum atomic E-state index is -4.28. The SMILES string of the molecule is CCNC1CCc2c(OCCOCC(F)(F)F)cccc21. The normalized spacial score (nSPS) is 17.8. The average molecular weight is 303 g/mol. The molecule has 3 nitrogen and oxygen atoms in total. The molecule has 0 heterocycles. The van der Waals surface area contributed by atoms with E-state index in [0.717, 1.165) is 30.7 Å². The van der Waals surface area contributed by atoms with Gasteiger partial charge in [0.15, 0.2) is 0 Å². The molecule has 0 bridgehead atoms. The van der Waals surface area contributed by atoms with Crippen LogP contribution in [0.5, 0.6) is 5.75 Å². The van der Waals surface area contributed by atoms with Gasteiger partial charge in [-0.15, -0.1) is 0 Å². The zero-order valence-electron chi connectivity index (χ0n) is 12.0. The van der Waals surface area contributed by atoms with Crippen LogP contribution < -0.4 is 10.1 Å². The van der Waals surface area contributed by atoms with Crippen LogP contribution in [0.1, 0.15) is 30.5 Å². The van der Waals surface area contributed by atoms with Gasteiger partial charge in [0.2, 0.25) is 0 Å². The van der Waals surface area contributed by atoms with E-state index in [0.29, 0.717) is 6.04 Å². The summed E-state index contributed by atoms with van der Waals surface area (Å²) < 4.78 is 45.9. The highest BCUT2D eigenvalue weighted by molar-refractivity contribution is 5.45. The maximum absolute atomic E-state index is 11.9. The number of nitrogens with one attached hydrogen (secondary N) is 1. The molecule has 1 unspecified atom stereocenters. The number of hydrogen-bond acceptors (Lipinski definition) is 3. The summed E-state index contributed by atoms with van der Waals surface area (Å²) in [5, 5.41) is 3.42. The van der Waals surface area contributed by atoms with E-state index in [1.807, 2.05) is 12.1 Å². The number of halogens is 3. The Morgan fingerprint density at radius 3 is 2.81 bits per heavy atom. The van der Waals surface area contributed by atoms with Crippen molar-refractivity contribution in [1.29, 1.82) is 0 Å². The molecule has 1 atom stereocenters. The summed E-state index contributed by atoms with van der Waals surface area (Å²) in [5.74, 6) is 0.753. The Labute approximate surface area is 122 Å². The van der Waals surface area contributed by atoms with Crippen molar-refractivity contribution >= 4 is 0 Å². The molecule has 0 saturated carbocycles. The summed E-state index contributed by atoms with van der Waals surface area (Å²) in [4.78, 5) is 0. The van der Waals surface area contributed by atoms with Gasteiger partial charge >= 0.3 is 6.18 Å². The number of alkyl halides is 3. The Kier molecular flexibility index (Phi) is 5.47. The number of benzene rings is 1. The molecule has 21 heavy (non-hydrogen) atoms. The summed E-state index contributed by atoms with van der Waals surface area (Å²) in [7, 11) is 0. The Balaban J connectivity index is 1.85. The van der Waals surface area contributed by atoms with Crippen molar-refractivity contribution < 1.29 is 22.6 Å². The Hall–Kier alpha value is -1.27. The van der Waals surface area contributed by atoms with Crippen LogP contribution in [0, 0.1) is 0 Å². The van der Waals surface area contributed by atoms with E-state index in [1.54, 1.807) is 0 Å². The largest absolute Gasteiger partial charge is 0.491 e. The molecule has 1 aromatic carbocycles. The molecule has 0 aliphatic heterocycles. The highest BCUT2D eigenvalue weighted by atomic mass is 19.4. The van der Waals surface area contributed by atoms with Crippen molar-refractivity contribution in [3.05, 3.63) is 29.3 Å². The lowest BCUT2D eigenvalue weighted by Crippen LogP contribution is -2.19. The van der Waals surface area contributed by atoms with Crippen molar-refractivity contribution in [3.63, 3.8) is 0 Å². The fraction of sp³-hybridized carbons (Fsp3) is 0.600. The van der Waals surface area contributed by atoms with Crippen LogP contribution >= 0.6 is 0 Å². The van der Waals surface area contributed by atoms with Gasteiger partial charge in [0.1, 0.15) is 19.0 Å². The molecule has 0 spiro atoms. The predicted octanol–water partition coefficient (Wildman–Crippen LogP) is 3.24. The van der Waals surface area contributed by atoms with Crippen LogP contribution in [0.3, 0.4) is 0 Å². The number of hydrogen-bond donors (Lipinski definition) is 1. The quantitative estimate of drug-likeness (QED) is 0.784. The van der Waals surface area contributed by atoms with E-state index >= 15 is 0 Å². The van der Waals surface area contributed by atoms with E-state index in [9.17, 15) is 13.2 Å². The molecular formula is C15H20F3NO2. The lowest BCUT2D eigenvalue weighted by Gasteiger charge is -2.14. The van der Waals surface area contributed by atoms with E-state index in [-0.39, 0.29) is 13.2 Å². The molecule has 1 aliphatic rings. The van der Waals surface area contributed by atoms with Crippen LogP contribution in [-0.2, 0) is 11.2 Å². The number of fused-ring (bicyclic) bond motifs is 1. The van der Waals surface area contributed by atoms with E-state index in [1.165, 1.54) is 5.56 Å². The standard InChI is InChI=1S/C15H20F3NO2/c1-2-19-13-7-6-12-11(13)4-3-5-14(12)21-9-8-20-10-15(16,17)18/h3-5,13,19H,2,6-10H2,1H3. The van der Waals surface area contributed by atoms with Gasteiger partial charge in [0.05, 0.1) is 6.61 Å². The van der Waals surface area contributed by atoms with Crippen LogP contribution in [-0.4, -0.2) is 32.5 Å². The second-order valence-electron chi connectivity index (χ2n) is 4.99. The third kappa shape index (κ3) is 4.61. The van der Waals surface area contributed by atoms with Gasteiger partial charge < -0.3 is 14.8 Å². The predicted molar refractivity (Wildman–Crippen MR) is 73.5 cm³/mol. The monoisotopic (exact) mass is 303 g/mol. The summed E-state index contributed by atoms with van der Waals surface area (Å²) in [6, 6.07) is 6.19. The summed E-state index contributed by atoms with van der Waals surface area (Å²) in [6.07, 6.45) is -2.34. The molecular weight excluding hydrogens is 283 g/mol. The molecule has 0 radical (unpaired) electrons. The second kappa shape index (κ2) is 7.13. The smallest absolute Gasteiger partial charge is 0.411 e. The van der Waals surface area contributed by atoms with Gasteiger partial charge in [-0.2, -0.15) is 13.2 Å². The topological polar surface area (TPSA) is 30.5 Å². The van der Waals surface area contributed by atoms with Crippen LogP contribution in [0.2, 0.25) is 0 Å². The van der Waals surface area contributed by atoms with Gasteiger partial charge in [-0.05, 0) is 36.6 Å². The third-order valence-electron chi connectivity index (χ3n) is 3.43. The molecule has 0 fully saturated rings. The first kappa shape index (κ1) is 16.1. The van der Waals surface area contributed by atoms with Gasteiger partial charge in [0, 0.05) is 6.04 Å². The molecule has 0 amide bonds. The van der Waals surface area contributed by atoms with Gasteiger partial charge in [-0.1, -0.05) is 19.1 Å². The first-order valence-electron chi connectivity index (χ1n) is 7.13. The van der Waals surface area contributed by atoms with E-state index in [2.05, 4.69) is 23.0 Å². The zero-order valence-corrected chi connectivity index (χ0v) is 12.0.